The second-order valence-corrected chi connectivity index (χ2v) is 2.46. The number of nitrogens with zero attached hydrogens (tertiary/aromatic N) is 1. The maximum Gasteiger partial charge on any atom is 0.330 e. The molecule has 1 heterocycles. The first kappa shape index (κ1) is 10.2. The third kappa shape index (κ3) is 2.90. The van der Waals surface area contributed by atoms with Gasteiger partial charge in [-0.15, -0.1) is 0 Å². The molecule has 0 fully saturated rings. The van der Waals surface area contributed by atoms with Crippen LogP contribution in [0.3, 0.4) is 0 Å². The number of rotatable bonds is 3. The van der Waals surface area contributed by atoms with E-state index >= 15 is 0 Å². The topological polar surface area (TPSA) is 48.4 Å². The Morgan fingerprint density at radius 3 is 2.86 bits per heavy atom. The lowest BCUT2D eigenvalue weighted by atomic mass is 10.3. The summed E-state index contributed by atoms with van der Waals surface area (Å²) in [7, 11) is 2.86. The van der Waals surface area contributed by atoms with Gasteiger partial charge in [-0.05, 0) is 12.1 Å². The molecule has 0 aliphatic rings. The van der Waals surface area contributed by atoms with E-state index in [9.17, 15) is 4.79 Å². The predicted molar refractivity (Wildman–Crippen MR) is 51.8 cm³/mol. The van der Waals surface area contributed by atoms with Crippen LogP contribution < -0.4 is 4.74 Å². The zero-order chi connectivity index (χ0) is 10.4. The summed E-state index contributed by atoms with van der Waals surface area (Å²) in [6.07, 6.45) is 2.87. The molecule has 0 bridgehead atoms. The summed E-state index contributed by atoms with van der Waals surface area (Å²) in [5.74, 6) is 0.103. The zero-order valence-electron chi connectivity index (χ0n) is 8.06. The molecule has 74 valence electrons. The molecule has 0 N–H and O–H groups in total. The van der Waals surface area contributed by atoms with Gasteiger partial charge >= 0.3 is 5.97 Å². The van der Waals surface area contributed by atoms with E-state index < -0.39 is 5.97 Å². The summed E-state index contributed by atoms with van der Waals surface area (Å²) in [5.41, 5.74) is 0.648. The highest BCUT2D eigenvalue weighted by Gasteiger charge is 1.95. The van der Waals surface area contributed by atoms with Crippen molar-refractivity contribution in [2.75, 3.05) is 14.2 Å². The Hall–Kier alpha value is -1.84. The Labute approximate surface area is 82.2 Å². The van der Waals surface area contributed by atoms with Gasteiger partial charge in [-0.1, -0.05) is 6.07 Å². The summed E-state index contributed by atoms with van der Waals surface area (Å²) < 4.78 is 9.37. The Kier molecular flexibility index (Phi) is 3.67. The number of aromatic nitrogens is 1. The van der Waals surface area contributed by atoms with Gasteiger partial charge in [-0.3, -0.25) is 0 Å². The number of hydrogen-bond donors (Lipinski definition) is 0. The van der Waals surface area contributed by atoms with E-state index in [0.29, 0.717) is 11.6 Å². The molecule has 0 atom stereocenters. The standard InChI is InChI=1S/C10H11NO3/c1-13-9-5-3-4-8(11-9)6-7-10(12)14-2/h3-7H,1-2H3. The lowest BCUT2D eigenvalue weighted by Gasteiger charge is -1.98. The Bertz CT molecular complexity index is 347. The number of carbonyl (C=O) groups excluding carboxylic acids is 1. The molecule has 1 aromatic rings. The number of ether oxygens (including phenoxy) is 2. The molecule has 4 nitrogen and oxygen atoms in total. The molecule has 0 aliphatic carbocycles. The second-order valence-electron chi connectivity index (χ2n) is 2.46. The fraction of sp³-hybridized carbons (Fsp3) is 0.200. The highest BCUT2D eigenvalue weighted by Crippen LogP contribution is 2.07. The van der Waals surface area contributed by atoms with Crippen molar-refractivity contribution in [3.05, 3.63) is 30.0 Å². The van der Waals surface area contributed by atoms with Gasteiger partial charge in [0.05, 0.1) is 19.9 Å². The molecule has 0 amide bonds. The molecule has 0 aromatic carbocycles. The molecule has 0 spiro atoms. The summed E-state index contributed by atoms with van der Waals surface area (Å²) in [6.45, 7) is 0. The highest BCUT2D eigenvalue weighted by molar-refractivity contribution is 5.86. The highest BCUT2D eigenvalue weighted by atomic mass is 16.5. The molecule has 4 heteroatoms. The SMILES string of the molecule is COC(=O)C=Cc1cccc(OC)n1. The molecule has 0 saturated carbocycles. The van der Waals surface area contributed by atoms with Crippen LogP contribution in [0.5, 0.6) is 5.88 Å². The van der Waals surface area contributed by atoms with E-state index in [2.05, 4.69) is 9.72 Å². The lowest BCUT2D eigenvalue weighted by Crippen LogP contribution is -1.94. The molecule has 14 heavy (non-hydrogen) atoms. The van der Waals surface area contributed by atoms with Crippen LogP contribution in [0.4, 0.5) is 0 Å². The first-order valence-corrected chi connectivity index (χ1v) is 4.03. The Morgan fingerprint density at radius 1 is 1.43 bits per heavy atom. The summed E-state index contributed by atoms with van der Waals surface area (Å²) in [6, 6.07) is 5.29. The van der Waals surface area contributed by atoms with Crippen LogP contribution in [0.25, 0.3) is 6.08 Å². The maximum absolute atomic E-state index is 10.8. The predicted octanol–water partition coefficient (Wildman–Crippen LogP) is 1.28. The summed E-state index contributed by atoms with van der Waals surface area (Å²) >= 11 is 0. The van der Waals surface area contributed by atoms with Crippen molar-refractivity contribution in [3.8, 4) is 5.88 Å². The van der Waals surface area contributed by atoms with Gasteiger partial charge < -0.3 is 9.47 Å². The van der Waals surface area contributed by atoms with Crippen LogP contribution in [0.15, 0.2) is 24.3 Å². The van der Waals surface area contributed by atoms with Gasteiger partial charge in [0, 0.05) is 12.1 Å². The molecule has 0 radical (unpaired) electrons. The third-order valence-corrected chi connectivity index (χ3v) is 1.55. The molecular weight excluding hydrogens is 182 g/mol. The first-order valence-electron chi connectivity index (χ1n) is 4.03. The smallest absolute Gasteiger partial charge is 0.330 e. The van der Waals surface area contributed by atoms with Crippen LogP contribution in [0.2, 0.25) is 0 Å². The van der Waals surface area contributed by atoms with Crippen LogP contribution in [0, 0.1) is 0 Å². The van der Waals surface area contributed by atoms with Crippen molar-refractivity contribution >= 4 is 12.0 Å². The fourth-order valence-electron chi connectivity index (χ4n) is 0.859. The van der Waals surface area contributed by atoms with E-state index in [1.54, 1.807) is 24.3 Å². The van der Waals surface area contributed by atoms with Crippen LogP contribution in [-0.4, -0.2) is 25.2 Å². The minimum absolute atomic E-state index is 0.408. The van der Waals surface area contributed by atoms with E-state index in [0.717, 1.165) is 0 Å². The average molecular weight is 193 g/mol. The Morgan fingerprint density at radius 2 is 2.21 bits per heavy atom. The monoisotopic (exact) mass is 193 g/mol. The van der Waals surface area contributed by atoms with Gasteiger partial charge in [-0.25, -0.2) is 9.78 Å². The van der Waals surface area contributed by atoms with Crippen molar-refractivity contribution in [1.29, 1.82) is 0 Å². The quantitative estimate of drug-likeness (QED) is 0.536. The maximum atomic E-state index is 10.8. The van der Waals surface area contributed by atoms with Gasteiger partial charge in [0.25, 0.3) is 0 Å². The number of methoxy groups -OCH3 is 2. The van der Waals surface area contributed by atoms with Gasteiger partial charge in [0.2, 0.25) is 5.88 Å². The number of hydrogen-bond acceptors (Lipinski definition) is 4. The van der Waals surface area contributed by atoms with Crippen molar-refractivity contribution < 1.29 is 14.3 Å². The van der Waals surface area contributed by atoms with Gasteiger partial charge in [-0.2, -0.15) is 0 Å². The third-order valence-electron chi connectivity index (χ3n) is 1.55. The average Bonchev–Trinajstić information content (AvgIpc) is 2.26. The van der Waals surface area contributed by atoms with Crippen molar-refractivity contribution in [2.45, 2.75) is 0 Å². The normalized spacial score (nSPS) is 10.1. The van der Waals surface area contributed by atoms with E-state index in [1.165, 1.54) is 20.3 Å². The van der Waals surface area contributed by atoms with Crippen LogP contribution >= 0.6 is 0 Å². The first-order chi connectivity index (χ1) is 6.76. The Balaban J connectivity index is 2.76. The zero-order valence-corrected chi connectivity index (χ0v) is 8.06. The lowest BCUT2D eigenvalue weighted by molar-refractivity contribution is -0.134. The minimum Gasteiger partial charge on any atom is -0.481 e. The number of carbonyl (C=O) groups is 1. The van der Waals surface area contributed by atoms with Crippen molar-refractivity contribution in [3.63, 3.8) is 0 Å². The second kappa shape index (κ2) is 5.01. The molecular formula is C10H11NO3. The van der Waals surface area contributed by atoms with E-state index in [4.69, 9.17) is 4.74 Å². The largest absolute Gasteiger partial charge is 0.481 e. The van der Waals surface area contributed by atoms with Crippen LogP contribution in [0.1, 0.15) is 5.69 Å². The minimum atomic E-state index is -0.408. The summed E-state index contributed by atoms with van der Waals surface area (Å²) in [4.78, 5) is 14.9. The fourth-order valence-corrected chi connectivity index (χ4v) is 0.859. The molecule has 0 unspecified atom stereocenters. The molecule has 0 saturated heterocycles. The number of esters is 1. The molecule has 0 aliphatic heterocycles. The number of pyridine rings is 1. The van der Waals surface area contributed by atoms with Gasteiger partial charge in [0.15, 0.2) is 0 Å². The van der Waals surface area contributed by atoms with Crippen molar-refractivity contribution in [2.24, 2.45) is 0 Å². The van der Waals surface area contributed by atoms with Gasteiger partial charge in [0.1, 0.15) is 0 Å². The van der Waals surface area contributed by atoms with E-state index in [-0.39, 0.29) is 0 Å². The molecule has 1 rings (SSSR count). The van der Waals surface area contributed by atoms with Crippen molar-refractivity contribution in [1.82, 2.24) is 4.98 Å². The van der Waals surface area contributed by atoms with Crippen LogP contribution in [-0.2, 0) is 9.53 Å². The summed E-state index contributed by atoms with van der Waals surface area (Å²) in [5, 5.41) is 0. The molecule has 1 aromatic heterocycles. The van der Waals surface area contributed by atoms with E-state index in [1.807, 2.05) is 0 Å².